The van der Waals surface area contributed by atoms with Gasteiger partial charge < -0.3 is 24.4 Å². The van der Waals surface area contributed by atoms with Crippen LogP contribution in [0.3, 0.4) is 0 Å². The van der Waals surface area contributed by atoms with Crippen LogP contribution in [0, 0.1) is 0 Å². The third-order valence-electron chi connectivity index (χ3n) is 6.18. The Kier molecular flexibility index (Phi) is 9.48. The third kappa shape index (κ3) is 7.11. The summed E-state index contributed by atoms with van der Waals surface area (Å²) in [6, 6.07) is 12.1. The van der Waals surface area contributed by atoms with E-state index in [0.29, 0.717) is 48.2 Å². The van der Waals surface area contributed by atoms with Crippen LogP contribution in [0.4, 0.5) is 10.5 Å². The summed E-state index contributed by atoms with van der Waals surface area (Å²) < 4.78 is 16.6. The molecule has 206 valence electrons. The first-order valence-corrected chi connectivity index (χ1v) is 13.6. The number of nitrogens with zero attached hydrogens (tertiary/aromatic N) is 2. The zero-order valence-corrected chi connectivity index (χ0v) is 22.8. The van der Waals surface area contributed by atoms with E-state index in [2.05, 4.69) is 5.32 Å². The molecular formula is C28H31N3O7S. The number of ether oxygens (including phenoxy) is 3. The molecule has 0 saturated carbocycles. The molecule has 0 spiro atoms. The zero-order chi connectivity index (χ0) is 27.8. The van der Waals surface area contributed by atoms with Crippen LogP contribution in [0.5, 0.6) is 17.2 Å². The number of likely N-dealkylation sites (tertiary alicyclic amines) is 1. The van der Waals surface area contributed by atoms with E-state index < -0.39 is 11.1 Å². The highest BCUT2D eigenvalue weighted by Gasteiger charge is 2.37. The van der Waals surface area contributed by atoms with E-state index in [9.17, 15) is 19.2 Å². The predicted octanol–water partition coefficient (Wildman–Crippen LogP) is 4.16. The van der Waals surface area contributed by atoms with E-state index in [0.717, 1.165) is 35.9 Å². The number of imide groups is 1. The molecule has 2 saturated heterocycles. The standard InChI is InChI=1S/C28H31N3O7S/c1-3-37-21-10-6-5-9-20(21)29-25(32)18-38-22-12-11-19(15-23(22)36-2)16-24-27(34)31(28(35)39-24)17-26(33)30-13-7-4-8-14-30/h5-6,9-12,15-16H,3-4,7-8,13-14,17-18H2,1-2H3,(H,29,32)/b24-16-. The topological polar surface area (TPSA) is 114 Å². The Morgan fingerprint density at radius 2 is 1.77 bits per heavy atom. The van der Waals surface area contributed by atoms with Gasteiger partial charge >= 0.3 is 0 Å². The molecule has 0 atom stereocenters. The lowest BCUT2D eigenvalue weighted by atomic mass is 10.1. The number of para-hydroxylation sites is 2. The summed E-state index contributed by atoms with van der Waals surface area (Å²) in [6.45, 7) is 3.12. The van der Waals surface area contributed by atoms with Crippen molar-refractivity contribution in [1.29, 1.82) is 0 Å². The maximum Gasteiger partial charge on any atom is 0.294 e. The fourth-order valence-electron chi connectivity index (χ4n) is 4.24. The van der Waals surface area contributed by atoms with Crippen molar-refractivity contribution >= 4 is 46.5 Å². The van der Waals surface area contributed by atoms with Gasteiger partial charge in [0.1, 0.15) is 12.3 Å². The maximum atomic E-state index is 12.9. The number of rotatable bonds is 10. The first-order chi connectivity index (χ1) is 18.9. The highest BCUT2D eigenvalue weighted by atomic mass is 32.2. The Morgan fingerprint density at radius 3 is 2.51 bits per heavy atom. The molecule has 2 heterocycles. The van der Waals surface area contributed by atoms with Gasteiger partial charge in [-0.05, 0) is 73.9 Å². The lowest BCUT2D eigenvalue weighted by Crippen LogP contribution is -2.44. The monoisotopic (exact) mass is 553 g/mol. The van der Waals surface area contributed by atoms with Crippen molar-refractivity contribution in [2.45, 2.75) is 26.2 Å². The SMILES string of the molecule is CCOc1ccccc1NC(=O)COc1ccc(/C=C2\SC(=O)N(CC(=O)N3CCCCC3)C2=O)cc1OC. The Bertz CT molecular complexity index is 1270. The molecule has 0 bridgehead atoms. The third-order valence-corrected chi connectivity index (χ3v) is 7.09. The molecule has 1 N–H and O–H groups in total. The Balaban J connectivity index is 1.38. The smallest absolute Gasteiger partial charge is 0.294 e. The second-order valence-electron chi connectivity index (χ2n) is 8.89. The van der Waals surface area contributed by atoms with Crippen LogP contribution < -0.4 is 19.5 Å². The van der Waals surface area contributed by atoms with Crippen molar-refractivity contribution < 1.29 is 33.4 Å². The number of nitrogens with one attached hydrogen (secondary N) is 1. The quantitative estimate of drug-likeness (QED) is 0.437. The second kappa shape index (κ2) is 13.2. The summed E-state index contributed by atoms with van der Waals surface area (Å²) in [4.78, 5) is 53.3. The molecule has 4 amide bonds. The lowest BCUT2D eigenvalue weighted by Gasteiger charge is -2.27. The largest absolute Gasteiger partial charge is 0.493 e. The number of thioether (sulfide) groups is 1. The molecule has 39 heavy (non-hydrogen) atoms. The number of benzene rings is 2. The molecule has 2 aliphatic heterocycles. The predicted molar refractivity (Wildman–Crippen MR) is 148 cm³/mol. The van der Waals surface area contributed by atoms with Crippen LogP contribution in [0.15, 0.2) is 47.4 Å². The van der Waals surface area contributed by atoms with Crippen LogP contribution in [0.1, 0.15) is 31.7 Å². The minimum atomic E-state index is -0.501. The van der Waals surface area contributed by atoms with Gasteiger partial charge in [-0.15, -0.1) is 0 Å². The molecule has 0 radical (unpaired) electrons. The van der Waals surface area contributed by atoms with Crippen LogP contribution in [0.2, 0.25) is 0 Å². The molecular weight excluding hydrogens is 522 g/mol. The molecule has 2 aliphatic rings. The normalized spacial score (nSPS) is 16.4. The minimum Gasteiger partial charge on any atom is -0.493 e. The fraction of sp³-hybridized carbons (Fsp3) is 0.357. The van der Waals surface area contributed by atoms with Crippen molar-refractivity contribution in [1.82, 2.24) is 9.80 Å². The van der Waals surface area contributed by atoms with Crippen molar-refractivity contribution in [3.8, 4) is 17.2 Å². The first kappa shape index (κ1) is 28.0. The van der Waals surface area contributed by atoms with Crippen LogP contribution in [0.25, 0.3) is 6.08 Å². The molecule has 10 nitrogen and oxygen atoms in total. The summed E-state index contributed by atoms with van der Waals surface area (Å²) in [5, 5.41) is 2.30. The zero-order valence-electron chi connectivity index (χ0n) is 21.9. The van der Waals surface area contributed by atoms with Gasteiger partial charge in [-0.2, -0.15) is 0 Å². The van der Waals surface area contributed by atoms with Gasteiger partial charge in [-0.3, -0.25) is 24.1 Å². The summed E-state index contributed by atoms with van der Waals surface area (Å²) in [6.07, 6.45) is 4.51. The van der Waals surface area contributed by atoms with Crippen molar-refractivity contribution in [3.63, 3.8) is 0 Å². The van der Waals surface area contributed by atoms with E-state index in [1.807, 2.05) is 13.0 Å². The van der Waals surface area contributed by atoms with Crippen molar-refractivity contribution in [2.24, 2.45) is 0 Å². The van der Waals surface area contributed by atoms with Crippen LogP contribution >= 0.6 is 11.8 Å². The highest BCUT2D eigenvalue weighted by Crippen LogP contribution is 2.35. The molecule has 4 rings (SSSR count). The Labute approximate surface area is 231 Å². The molecule has 0 unspecified atom stereocenters. The summed E-state index contributed by atoms with van der Waals surface area (Å²) in [5.41, 5.74) is 1.14. The van der Waals surface area contributed by atoms with Crippen molar-refractivity contribution in [3.05, 3.63) is 52.9 Å². The molecule has 0 aliphatic carbocycles. The molecule has 2 fully saturated rings. The average molecular weight is 554 g/mol. The van der Waals surface area contributed by atoms with Crippen LogP contribution in [-0.2, 0) is 14.4 Å². The highest BCUT2D eigenvalue weighted by molar-refractivity contribution is 8.18. The van der Waals surface area contributed by atoms with Crippen molar-refractivity contribution in [2.75, 3.05) is 45.3 Å². The summed E-state index contributed by atoms with van der Waals surface area (Å²) in [5.74, 6) is 0.163. The van der Waals surface area contributed by atoms with E-state index in [4.69, 9.17) is 14.2 Å². The van der Waals surface area contributed by atoms with E-state index in [-0.39, 0.29) is 29.9 Å². The molecule has 11 heteroatoms. The second-order valence-corrected chi connectivity index (χ2v) is 9.88. The Hall–Kier alpha value is -3.99. The van der Waals surface area contributed by atoms with E-state index >= 15 is 0 Å². The molecule has 2 aromatic rings. The fourth-order valence-corrected chi connectivity index (χ4v) is 5.08. The number of piperidine rings is 1. The van der Waals surface area contributed by atoms with Gasteiger partial charge in [0, 0.05) is 13.1 Å². The maximum absolute atomic E-state index is 12.9. The average Bonchev–Trinajstić information content (AvgIpc) is 3.21. The molecule has 0 aromatic heterocycles. The first-order valence-electron chi connectivity index (χ1n) is 12.7. The number of anilines is 1. The van der Waals surface area contributed by atoms with Gasteiger partial charge in [-0.25, -0.2) is 0 Å². The number of hydrogen-bond donors (Lipinski definition) is 1. The van der Waals surface area contributed by atoms with E-state index in [1.54, 1.807) is 47.4 Å². The van der Waals surface area contributed by atoms with Gasteiger partial charge in [0.2, 0.25) is 5.91 Å². The number of carbonyl (C=O) groups excluding carboxylic acids is 4. The summed E-state index contributed by atoms with van der Waals surface area (Å²) in [7, 11) is 1.46. The van der Waals surface area contributed by atoms with Gasteiger partial charge in [0.25, 0.3) is 17.1 Å². The minimum absolute atomic E-state index is 0.216. The van der Waals surface area contributed by atoms with Crippen LogP contribution in [-0.4, -0.2) is 72.7 Å². The van der Waals surface area contributed by atoms with E-state index in [1.165, 1.54) is 7.11 Å². The summed E-state index contributed by atoms with van der Waals surface area (Å²) >= 11 is 0.795. The number of hydrogen-bond acceptors (Lipinski definition) is 8. The van der Waals surface area contributed by atoms with Gasteiger partial charge in [-0.1, -0.05) is 18.2 Å². The number of carbonyl (C=O) groups is 4. The number of methoxy groups -OCH3 is 1. The van der Waals surface area contributed by atoms with Gasteiger partial charge in [0.15, 0.2) is 18.1 Å². The molecule has 2 aromatic carbocycles. The lowest BCUT2D eigenvalue weighted by molar-refractivity contribution is -0.136. The van der Waals surface area contributed by atoms with Gasteiger partial charge in [0.05, 0.1) is 24.3 Å². The Morgan fingerprint density at radius 1 is 1.00 bits per heavy atom. The number of amides is 4.